The smallest absolute Gasteiger partial charge is 0.303 e. The molecule has 0 aromatic heterocycles. The van der Waals surface area contributed by atoms with Crippen LogP contribution in [0.3, 0.4) is 0 Å². The van der Waals surface area contributed by atoms with Crippen LogP contribution in [0.5, 0.6) is 0 Å². The van der Waals surface area contributed by atoms with Gasteiger partial charge >= 0.3 is 5.97 Å². The highest BCUT2D eigenvalue weighted by Crippen LogP contribution is 2.37. The molecular formula is C8H15NO3. The van der Waals surface area contributed by atoms with E-state index in [9.17, 15) is 9.90 Å². The van der Waals surface area contributed by atoms with E-state index in [-0.39, 0.29) is 18.3 Å². The van der Waals surface area contributed by atoms with Crippen LogP contribution in [0.4, 0.5) is 0 Å². The van der Waals surface area contributed by atoms with Crippen LogP contribution < -0.4 is 5.32 Å². The third-order valence-electron chi connectivity index (χ3n) is 2.48. The molecule has 0 spiro atoms. The molecule has 12 heavy (non-hydrogen) atoms. The van der Waals surface area contributed by atoms with E-state index < -0.39 is 12.2 Å². The van der Waals surface area contributed by atoms with Gasteiger partial charge in [-0.05, 0) is 31.7 Å². The number of nitrogens with one attached hydrogen (secondary N) is 1. The number of aliphatic carboxylic acids is 1. The molecule has 1 unspecified atom stereocenters. The fourth-order valence-corrected chi connectivity index (χ4v) is 1.69. The second-order valence-corrected chi connectivity index (χ2v) is 3.43. The van der Waals surface area contributed by atoms with Crippen LogP contribution in [0.15, 0.2) is 0 Å². The summed E-state index contributed by atoms with van der Waals surface area (Å²) in [5.74, 6) is -0.216. The van der Waals surface area contributed by atoms with Gasteiger partial charge in [-0.1, -0.05) is 0 Å². The second kappa shape index (κ2) is 3.87. The van der Waals surface area contributed by atoms with Crippen molar-refractivity contribution in [3.05, 3.63) is 0 Å². The van der Waals surface area contributed by atoms with Gasteiger partial charge in [0.2, 0.25) is 0 Å². The van der Waals surface area contributed by atoms with Gasteiger partial charge in [0.1, 0.15) is 6.23 Å². The molecule has 0 heterocycles. The molecule has 0 aromatic carbocycles. The number of carboxylic acids is 1. The molecule has 1 atom stereocenters. The van der Waals surface area contributed by atoms with Crippen LogP contribution in [0.1, 0.15) is 19.3 Å². The molecule has 1 fully saturated rings. The molecular weight excluding hydrogens is 158 g/mol. The van der Waals surface area contributed by atoms with Gasteiger partial charge in [0, 0.05) is 6.42 Å². The highest BCUT2D eigenvalue weighted by Gasteiger charge is 2.34. The summed E-state index contributed by atoms with van der Waals surface area (Å²) in [5.41, 5.74) is 0. The molecule has 0 radical (unpaired) electrons. The molecule has 0 bridgehead atoms. The maximum absolute atomic E-state index is 10.3. The van der Waals surface area contributed by atoms with Crippen molar-refractivity contribution in [2.45, 2.75) is 25.5 Å². The van der Waals surface area contributed by atoms with E-state index in [4.69, 9.17) is 5.11 Å². The summed E-state index contributed by atoms with van der Waals surface area (Å²) >= 11 is 0. The van der Waals surface area contributed by atoms with E-state index in [1.165, 1.54) is 0 Å². The Bertz CT molecular complexity index is 166. The zero-order valence-corrected chi connectivity index (χ0v) is 7.16. The Morgan fingerprint density at radius 3 is 2.67 bits per heavy atom. The monoisotopic (exact) mass is 173 g/mol. The summed E-state index contributed by atoms with van der Waals surface area (Å²) in [4.78, 5) is 10.3. The van der Waals surface area contributed by atoms with E-state index >= 15 is 0 Å². The Hall–Kier alpha value is -0.610. The van der Waals surface area contributed by atoms with Crippen molar-refractivity contribution < 1.29 is 15.0 Å². The van der Waals surface area contributed by atoms with E-state index in [0.717, 1.165) is 12.8 Å². The highest BCUT2D eigenvalue weighted by atomic mass is 16.4. The average molecular weight is 173 g/mol. The molecule has 0 amide bonds. The fraction of sp³-hybridized carbons (Fsp3) is 0.875. The van der Waals surface area contributed by atoms with Crippen LogP contribution in [0.25, 0.3) is 0 Å². The molecule has 4 heteroatoms. The molecule has 0 saturated heterocycles. The normalized spacial score (nSPS) is 30.8. The van der Waals surface area contributed by atoms with Crippen molar-refractivity contribution in [3.8, 4) is 0 Å². The Morgan fingerprint density at radius 1 is 1.67 bits per heavy atom. The Morgan fingerprint density at radius 2 is 2.25 bits per heavy atom. The molecule has 1 aliphatic rings. The summed E-state index contributed by atoms with van der Waals surface area (Å²) in [6.07, 6.45) is 1.44. The predicted molar refractivity (Wildman–Crippen MR) is 43.5 cm³/mol. The second-order valence-electron chi connectivity index (χ2n) is 3.43. The summed E-state index contributed by atoms with van der Waals surface area (Å²) < 4.78 is 0. The Balaban J connectivity index is 2.15. The number of carboxylic acid groups (broad SMARTS) is 1. The van der Waals surface area contributed by atoms with Crippen LogP contribution in [0, 0.1) is 11.8 Å². The van der Waals surface area contributed by atoms with Gasteiger partial charge in [0.05, 0.1) is 0 Å². The van der Waals surface area contributed by atoms with E-state index in [1.54, 1.807) is 7.05 Å². The van der Waals surface area contributed by atoms with Gasteiger partial charge in [0.15, 0.2) is 0 Å². The van der Waals surface area contributed by atoms with Crippen molar-refractivity contribution >= 4 is 5.97 Å². The molecule has 4 nitrogen and oxygen atoms in total. The van der Waals surface area contributed by atoms with Gasteiger partial charge < -0.3 is 10.2 Å². The maximum Gasteiger partial charge on any atom is 0.303 e. The van der Waals surface area contributed by atoms with Gasteiger partial charge in [-0.15, -0.1) is 0 Å². The maximum atomic E-state index is 10.3. The van der Waals surface area contributed by atoms with Crippen LogP contribution in [-0.2, 0) is 4.79 Å². The first kappa shape index (κ1) is 9.48. The first-order valence-corrected chi connectivity index (χ1v) is 4.20. The molecule has 0 aliphatic heterocycles. The third-order valence-corrected chi connectivity index (χ3v) is 2.48. The van der Waals surface area contributed by atoms with Crippen LogP contribution >= 0.6 is 0 Å². The molecule has 1 saturated carbocycles. The minimum atomic E-state index is -0.739. The lowest BCUT2D eigenvalue weighted by molar-refractivity contribution is -0.139. The summed E-state index contributed by atoms with van der Waals surface area (Å²) in [6, 6.07) is 0. The number of aliphatic hydroxyl groups excluding tert-OH is 1. The van der Waals surface area contributed by atoms with E-state index in [1.807, 2.05) is 0 Å². The Kier molecular flexibility index (Phi) is 3.05. The van der Waals surface area contributed by atoms with Crippen molar-refractivity contribution in [1.82, 2.24) is 5.32 Å². The zero-order chi connectivity index (χ0) is 9.14. The minimum Gasteiger partial charge on any atom is -0.481 e. The van der Waals surface area contributed by atoms with Gasteiger partial charge in [-0.2, -0.15) is 0 Å². The van der Waals surface area contributed by atoms with E-state index in [2.05, 4.69) is 5.32 Å². The van der Waals surface area contributed by atoms with Crippen molar-refractivity contribution in [2.75, 3.05) is 7.05 Å². The van der Waals surface area contributed by atoms with Crippen molar-refractivity contribution in [1.29, 1.82) is 0 Å². The first-order valence-electron chi connectivity index (χ1n) is 4.20. The van der Waals surface area contributed by atoms with Crippen LogP contribution in [-0.4, -0.2) is 29.5 Å². The lowest BCUT2D eigenvalue weighted by Crippen LogP contribution is -2.41. The quantitative estimate of drug-likeness (QED) is 0.524. The van der Waals surface area contributed by atoms with E-state index in [0.29, 0.717) is 0 Å². The zero-order valence-electron chi connectivity index (χ0n) is 7.16. The number of hydrogen-bond donors (Lipinski definition) is 3. The minimum absolute atomic E-state index is 0.243. The number of aliphatic hydroxyl groups is 1. The van der Waals surface area contributed by atoms with Gasteiger partial charge in [-0.25, -0.2) is 0 Å². The number of hydrogen-bond acceptors (Lipinski definition) is 3. The largest absolute Gasteiger partial charge is 0.481 e. The average Bonchev–Trinajstić information content (AvgIpc) is 1.94. The third kappa shape index (κ3) is 2.19. The Labute approximate surface area is 71.6 Å². The van der Waals surface area contributed by atoms with Gasteiger partial charge in [-0.3, -0.25) is 10.1 Å². The van der Waals surface area contributed by atoms with Gasteiger partial charge in [0.25, 0.3) is 0 Å². The summed E-state index contributed by atoms with van der Waals surface area (Å²) in [7, 11) is 1.70. The molecule has 3 N–H and O–H groups in total. The summed E-state index contributed by atoms with van der Waals surface area (Å²) in [6.45, 7) is 0. The SMILES string of the molecule is CNC(O)C1CC(CC(=O)O)C1. The predicted octanol–water partition coefficient (Wildman–Crippen LogP) is 0.0251. The van der Waals surface area contributed by atoms with Crippen LogP contribution in [0.2, 0.25) is 0 Å². The molecule has 1 aliphatic carbocycles. The standard InChI is InChI=1S/C8H15NO3/c1-9-8(12)6-2-5(3-6)4-7(10)11/h5-6,8-9,12H,2-4H2,1H3,(H,10,11). The fourth-order valence-electron chi connectivity index (χ4n) is 1.69. The summed E-state index contributed by atoms with van der Waals surface area (Å²) in [5, 5.41) is 20.5. The van der Waals surface area contributed by atoms with Crippen molar-refractivity contribution in [3.63, 3.8) is 0 Å². The number of carbonyl (C=O) groups is 1. The molecule has 0 aromatic rings. The first-order chi connectivity index (χ1) is 5.63. The lowest BCUT2D eigenvalue weighted by atomic mass is 9.72. The topological polar surface area (TPSA) is 69.6 Å². The molecule has 1 rings (SSSR count). The lowest BCUT2D eigenvalue weighted by Gasteiger charge is -2.37. The number of rotatable bonds is 4. The highest BCUT2D eigenvalue weighted by molar-refractivity contribution is 5.67. The molecule has 70 valence electrons. The van der Waals surface area contributed by atoms with Crippen molar-refractivity contribution in [2.24, 2.45) is 11.8 Å².